The minimum absolute atomic E-state index is 0.0141. The number of halogens is 1. The molecule has 3 rings (SSSR count). The van der Waals surface area contributed by atoms with E-state index in [1.54, 1.807) is 60.7 Å². The number of methoxy groups -OCH3 is 1. The van der Waals surface area contributed by atoms with Gasteiger partial charge in [-0.2, -0.15) is 0 Å². The van der Waals surface area contributed by atoms with Crippen molar-refractivity contribution >= 4 is 38.9 Å². The van der Waals surface area contributed by atoms with Crippen LogP contribution in [-0.2, 0) is 10.0 Å². The normalized spacial score (nSPS) is 10.9. The molecule has 3 aromatic rings. The fourth-order valence-electron chi connectivity index (χ4n) is 2.50. The lowest BCUT2D eigenvalue weighted by atomic mass is 10.2. The molecule has 6 nitrogen and oxygen atoms in total. The van der Waals surface area contributed by atoms with Gasteiger partial charge in [0.1, 0.15) is 5.75 Å². The van der Waals surface area contributed by atoms with Crippen molar-refractivity contribution in [2.45, 2.75) is 4.90 Å². The lowest BCUT2D eigenvalue weighted by Crippen LogP contribution is -2.15. The van der Waals surface area contributed by atoms with E-state index in [0.717, 1.165) is 0 Å². The summed E-state index contributed by atoms with van der Waals surface area (Å²) in [5.41, 5.74) is 1.07. The van der Waals surface area contributed by atoms with Crippen molar-refractivity contribution in [3.05, 3.63) is 83.4 Å². The Morgan fingerprint density at radius 2 is 1.64 bits per heavy atom. The van der Waals surface area contributed by atoms with Gasteiger partial charge in [0.05, 0.1) is 17.6 Å². The minimum atomic E-state index is -3.83. The molecule has 0 aromatic heterocycles. The van der Waals surface area contributed by atoms with Crippen molar-refractivity contribution in [1.82, 2.24) is 0 Å². The first-order valence-corrected chi connectivity index (χ1v) is 10.1. The van der Waals surface area contributed by atoms with Crippen molar-refractivity contribution < 1.29 is 17.9 Å². The number of carbonyl (C=O) groups excluding carboxylic acids is 1. The van der Waals surface area contributed by atoms with Crippen LogP contribution in [0.5, 0.6) is 5.75 Å². The molecule has 0 radical (unpaired) electrons. The van der Waals surface area contributed by atoms with Gasteiger partial charge in [-0.1, -0.05) is 29.8 Å². The number of ether oxygens (including phenoxy) is 1. The summed E-state index contributed by atoms with van der Waals surface area (Å²) >= 11 is 5.81. The second-order valence-electron chi connectivity index (χ2n) is 5.79. The predicted octanol–water partition coefficient (Wildman–Crippen LogP) is 4.40. The zero-order chi connectivity index (χ0) is 20.1. The molecule has 0 saturated carbocycles. The molecule has 0 fully saturated rings. The van der Waals surface area contributed by atoms with Gasteiger partial charge in [-0.3, -0.25) is 9.52 Å². The molecule has 0 saturated heterocycles. The van der Waals surface area contributed by atoms with Crippen LogP contribution in [-0.4, -0.2) is 21.4 Å². The highest BCUT2D eigenvalue weighted by Gasteiger charge is 2.16. The van der Waals surface area contributed by atoms with Gasteiger partial charge >= 0.3 is 0 Å². The molecule has 0 aliphatic heterocycles. The van der Waals surface area contributed by atoms with Crippen molar-refractivity contribution in [1.29, 1.82) is 0 Å². The summed E-state index contributed by atoms with van der Waals surface area (Å²) in [6, 6.07) is 19.0. The molecule has 0 spiro atoms. The standard InChI is InChI=1S/C20H17ClN2O4S/c1-27-19-8-3-2-7-18(19)20(24)22-16-5-4-6-17(13-16)28(25,26)23-15-11-9-14(21)10-12-15/h2-13,23H,1H3,(H,22,24). The number of sulfonamides is 1. The third-order valence-corrected chi connectivity index (χ3v) is 5.48. The number of nitrogens with one attached hydrogen (secondary N) is 2. The highest BCUT2D eigenvalue weighted by Crippen LogP contribution is 2.23. The number of carbonyl (C=O) groups is 1. The molecule has 0 unspecified atom stereocenters. The van der Waals surface area contributed by atoms with Crippen LogP contribution in [0, 0.1) is 0 Å². The first-order valence-electron chi connectivity index (χ1n) is 8.22. The van der Waals surface area contributed by atoms with Crippen LogP contribution in [0.15, 0.2) is 77.7 Å². The van der Waals surface area contributed by atoms with Gasteiger partial charge in [0.25, 0.3) is 15.9 Å². The Bertz CT molecular complexity index is 1100. The Morgan fingerprint density at radius 3 is 2.36 bits per heavy atom. The summed E-state index contributed by atoms with van der Waals surface area (Å²) in [6.45, 7) is 0. The van der Waals surface area contributed by atoms with Crippen LogP contribution in [0.4, 0.5) is 11.4 Å². The molecular weight excluding hydrogens is 400 g/mol. The number of benzene rings is 3. The Kier molecular flexibility index (Phi) is 5.87. The summed E-state index contributed by atoms with van der Waals surface area (Å²) in [7, 11) is -2.36. The second kappa shape index (κ2) is 8.33. The molecule has 3 aromatic carbocycles. The van der Waals surface area contributed by atoms with Gasteiger partial charge in [0.2, 0.25) is 0 Å². The van der Waals surface area contributed by atoms with E-state index in [1.165, 1.54) is 19.2 Å². The van der Waals surface area contributed by atoms with Gasteiger partial charge < -0.3 is 10.1 Å². The summed E-state index contributed by atoms with van der Waals surface area (Å²) < 4.78 is 32.9. The zero-order valence-corrected chi connectivity index (χ0v) is 16.4. The molecule has 0 aliphatic carbocycles. The quantitative estimate of drug-likeness (QED) is 0.623. The Balaban J connectivity index is 1.81. The first kappa shape index (κ1) is 19.7. The fourth-order valence-corrected chi connectivity index (χ4v) is 3.73. The summed E-state index contributed by atoms with van der Waals surface area (Å²) in [5, 5.41) is 3.19. The highest BCUT2D eigenvalue weighted by atomic mass is 35.5. The lowest BCUT2D eigenvalue weighted by molar-refractivity contribution is 0.102. The molecule has 0 aliphatic rings. The molecule has 8 heteroatoms. The van der Waals surface area contributed by atoms with E-state index in [-0.39, 0.29) is 4.90 Å². The van der Waals surface area contributed by atoms with Crippen molar-refractivity contribution in [2.24, 2.45) is 0 Å². The Labute approximate surface area is 168 Å². The molecule has 144 valence electrons. The van der Waals surface area contributed by atoms with Crippen molar-refractivity contribution in [3.63, 3.8) is 0 Å². The van der Waals surface area contributed by atoms with E-state index < -0.39 is 15.9 Å². The van der Waals surface area contributed by atoms with Crippen LogP contribution in [0.2, 0.25) is 5.02 Å². The number of para-hydroxylation sites is 1. The van der Waals surface area contributed by atoms with Crippen LogP contribution < -0.4 is 14.8 Å². The van der Waals surface area contributed by atoms with E-state index >= 15 is 0 Å². The van der Waals surface area contributed by atoms with Gasteiger partial charge in [0.15, 0.2) is 0 Å². The first-order chi connectivity index (χ1) is 13.4. The second-order valence-corrected chi connectivity index (χ2v) is 7.91. The van der Waals surface area contributed by atoms with E-state index in [0.29, 0.717) is 27.7 Å². The molecule has 0 bridgehead atoms. The number of hydrogen-bond acceptors (Lipinski definition) is 4. The summed E-state index contributed by atoms with van der Waals surface area (Å²) in [4.78, 5) is 12.5. The lowest BCUT2D eigenvalue weighted by Gasteiger charge is -2.11. The van der Waals surface area contributed by atoms with Crippen LogP contribution in [0.25, 0.3) is 0 Å². The maximum absolute atomic E-state index is 12.6. The molecule has 0 atom stereocenters. The monoisotopic (exact) mass is 416 g/mol. The average molecular weight is 417 g/mol. The van der Waals surface area contributed by atoms with Crippen LogP contribution >= 0.6 is 11.6 Å². The number of amides is 1. The average Bonchev–Trinajstić information content (AvgIpc) is 2.69. The van der Waals surface area contributed by atoms with E-state index in [2.05, 4.69) is 10.0 Å². The summed E-state index contributed by atoms with van der Waals surface area (Å²) in [5.74, 6) is 0.0193. The molecular formula is C20H17ClN2O4S. The number of hydrogen-bond donors (Lipinski definition) is 2. The van der Waals surface area contributed by atoms with Crippen LogP contribution in [0.3, 0.4) is 0 Å². The minimum Gasteiger partial charge on any atom is -0.496 e. The van der Waals surface area contributed by atoms with Crippen LogP contribution in [0.1, 0.15) is 10.4 Å². The Morgan fingerprint density at radius 1 is 0.929 bits per heavy atom. The molecule has 1 amide bonds. The largest absolute Gasteiger partial charge is 0.496 e. The topological polar surface area (TPSA) is 84.5 Å². The fraction of sp³-hybridized carbons (Fsp3) is 0.0500. The zero-order valence-electron chi connectivity index (χ0n) is 14.8. The number of anilines is 2. The smallest absolute Gasteiger partial charge is 0.261 e. The van der Waals surface area contributed by atoms with Gasteiger partial charge in [-0.15, -0.1) is 0 Å². The van der Waals surface area contributed by atoms with Gasteiger partial charge in [0, 0.05) is 16.4 Å². The SMILES string of the molecule is COc1ccccc1C(=O)Nc1cccc(S(=O)(=O)Nc2ccc(Cl)cc2)c1. The molecule has 0 heterocycles. The van der Waals surface area contributed by atoms with Gasteiger partial charge in [-0.05, 0) is 54.6 Å². The van der Waals surface area contributed by atoms with E-state index in [4.69, 9.17) is 16.3 Å². The third-order valence-electron chi connectivity index (χ3n) is 3.85. The maximum atomic E-state index is 12.6. The van der Waals surface area contributed by atoms with Gasteiger partial charge in [-0.25, -0.2) is 8.42 Å². The van der Waals surface area contributed by atoms with E-state index in [9.17, 15) is 13.2 Å². The predicted molar refractivity (Wildman–Crippen MR) is 110 cm³/mol. The van der Waals surface area contributed by atoms with Crippen molar-refractivity contribution in [2.75, 3.05) is 17.1 Å². The molecule has 2 N–H and O–H groups in total. The number of rotatable bonds is 6. The Hall–Kier alpha value is -3.03. The van der Waals surface area contributed by atoms with E-state index in [1.807, 2.05) is 0 Å². The molecule has 28 heavy (non-hydrogen) atoms. The third kappa shape index (κ3) is 4.62. The summed E-state index contributed by atoms with van der Waals surface area (Å²) in [6.07, 6.45) is 0. The maximum Gasteiger partial charge on any atom is 0.261 e. The van der Waals surface area contributed by atoms with Crippen molar-refractivity contribution in [3.8, 4) is 5.75 Å². The highest BCUT2D eigenvalue weighted by molar-refractivity contribution is 7.92.